The predicted octanol–water partition coefficient (Wildman–Crippen LogP) is 2.19. The van der Waals surface area contributed by atoms with E-state index in [1.165, 1.54) is 5.57 Å². The summed E-state index contributed by atoms with van der Waals surface area (Å²) in [6, 6.07) is -1.13. The molecule has 0 radical (unpaired) electrons. The summed E-state index contributed by atoms with van der Waals surface area (Å²) in [6.07, 6.45) is 6.12. The molecule has 4 fully saturated rings. The number of carbonyl (C=O) groups is 5. The molecule has 8 atom stereocenters. The fourth-order valence-corrected chi connectivity index (χ4v) is 9.05. The van der Waals surface area contributed by atoms with Crippen molar-refractivity contribution in [3.8, 4) is 0 Å². The summed E-state index contributed by atoms with van der Waals surface area (Å²) in [5, 5.41) is 30.8. The Labute approximate surface area is 234 Å². The van der Waals surface area contributed by atoms with Crippen molar-refractivity contribution < 1.29 is 44.0 Å². The number of amides is 1. The molecule has 0 bridgehead atoms. The van der Waals surface area contributed by atoms with Crippen LogP contribution >= 0.6 is 0 Å². The summed E-state index contributed by atoms with van der Waals surface area (Å²) < 4.78 is 5.19. The number of aliphatic hydroxyl groups excluding tert-OH is 1. The Morgan fingerprint density at radius 1 is 1.02 bits per heavy atom. The minimum Gasteiger partial charge on any atom is -0.480 e. The third-order valence-corrected chi connectivity index (χ3v) is 11.4. The molecule has 3 saturated carbocycles. The lowest BCUT2D eigenvalue weighted by Crippen LogP contribution is -2.58. The van der Waals surface area contributed by atoms with E-state index in [2.05, 4.69) is 6.92 Å². The van der Waals surface area contributed by atoms with Crippen molar-refractivity contribution in [1.82, 2.24) is 4.90 Å². The molecule has 220 valence electrons. The SMILES string of the molecule is CC12CCC(=O)C=C1CCC1C2CCC2(C)C1CCC2(O)C(=O)COC(=O)CCC(=O)N1CC(O)CC1C(=O)O. The molecule has 0 aromatic heterocycles. The van der Waals surface area contributed by atoms with E-state index in [0.29, 0.717) is 31.1 Å². The van der Waals surface area contributed by atoms with Gasteiger partial charge in [-0.05, 0) is 74.2 Å². The number of hydrogen-bond acceptors (Lipinski definition) is 8. The molecule has 1 saturated heterocycles. The van der Waals surface area contributed by atoms with Gasteiger partial charge in [-0.2, -0.15) is 0 Å². The van der Waals surface area contributed by atoms with E-state index in [4.69, 9.17) is 4.74 Å². The van der Waals surface area contributed by atoms with Crippen molar-refractivity contribution in [3.63, 3.8) is 0 Å². The molecule has 3 N–H and O–H groups in total. The molecule has 0 aromatic carbocycles. The molecule has 1 aliphatic heterocycles. The van der Waals surface area contributed by atoms with Crippen LogP contribution in [0.25, 0.3) is 0 Å². The van der Waals surface area contributed by atoms with Gasteiger partial charge in [-0.15, -0.1) is 0 Å². The van der Waals surface area contributed by atoms with Crippen LogP contribution in [0.5, 0.6) is 0 Å². The lowest BCUT2D eigenvalue weighted by molar-refractivity contribution is -0.170. The lowest BCUT2D eigenvalue weighted by Gasteiger charge is -2.58. The maximum absolute atomic E-state index is 13.4. The van der Waals surface area contributed by atoms with Crippen LogP contribution in [0.2, 0.25) is 0 Å². The highest BCUT2D eigenvalue weighted by Gasteiger charge is 2.66. The van der Waals surface area contributed by atoms with Crippen molar-refractivity contribution in [3.05, 3.63) is 11.6 Å². The number of carbonyl (C=O) groups excluding carboxylic acids is 4. The first-order chi connectivity index (χ1) is 18.8. The van der Waals surface area contributed by atoms with Crippen LogP contribution in [0.4, 0.5) is 0 Å². The first-order valence-electron chi connectivity index (χ1n) is 14.7. The summed E-state index contributed by atoms with van der Waals surface area (Å²) in [7, 11) is 0. The number of ketones is 2. The van der Waals surface area contributed by atoms with E-state index in [1.54, 1.807) is 0 Å². The van der Waals surface area contributed by atoms with E-state index in [9.17, 15) is 39.3 Å². The Morgan fingerprint density at radius 2 is 1.75 bits per heavy atom. The number of carboxylic acid groups (broad SMARTS) is 1. The molecule has 4 aliphatic carbocycles. The van der Waals surface area contributed by atoms with Gasteiger partial charge < -0.3 is 25.0 Å². The number of β-amino-alcohol motifs (C(OH)–C–C–N with tert-alkyl or cyclic N) is 1. The molecular formula is C30H41NO9. The van der Waals surface area contributed by atoms with Crippen molar-refractivity contribution in [2.75, 3.05) is 13.2 Å². The molecule has 5 rings (SSSR count). The van der Waals surface area contributed by atoms with Crippen molar-refractivity contribution in [1.29, 1.82) is 0 Å². The van der Waals surface area contributed by atoms with Crippen molar-refractivity contribution >= 4 is 29.4 Å². The van der Waals surface area contributed by atoms with Crippen LogP contribution < -0.4 is 0 Å². The largest absolute Gasteiger partial charge is 0.480 e. The van der Waals surface area contributed by atoms with E-state index in [-0.39, 0.29) is 42.9 Å². The third kappa shape index (κ3) is 4.61. The summed E-state index contributed by atoms with van der Waals surface area (Å²) >= 11 is 0. The maximum atomic E-state index is 13.4. The highest BCUT2D eigenvalue weighted by atomic mass is 16.5. The van der Waals surface area contributed by atoms with Crippen molar-refractivity contribution in [2.24, 2.45) is 28.6 Å². The molecule has 1 heterocycles. The van der Waals surface area contributed by atoms with Gasteiger partial charge in [-0.25, -0.2) is 4.79 Å². The molecule has 0 aromatic rings. The molecule has 1 amide bonds. The molecular weight excluding hydrogens is 518 g/mol. The van der Waals surface area contributed by atoms with Gasteiger partial charge >= 0.3 is 11.9 Å². The summed E-state index contributed by atoms with van der Waals surface area (Å²) in [5.41, 5.74) is -0.965. The Bertz CT molecular complexity index is 1150. The van der Waals surface area contributed by atoms with E-state index in [1.807, 2.05) is 13.0 Å². The van der Waals surface area contributed by atoms with E-state index in [0.717, 1.165) is 37.0 Å². The number of carboxylic acids is 1. The van der Waals surface area contributed by atoms with Crippen LogP contribution in [-0.2, 0) is 28.7 Å². The molecule has 8 unspecified atom stereocenters. The van der Waals surface area contributed by atoms with Gasteiger partial charge in [-0.3, -0.25) is 19.2 Å². The van der Waals surface area contributed by atoms with Gasteiger partial charge in [0.2, 0.25) is 11.7 Å². The van der Waals surface area contributed by atoms with Gasteiger partial charge in [-0.1, -0.05) is 19.4 Å². The predicted molar refractivity (Wildman–Crippen MR) is 141 cm³/mol. The number of ether oxygens (including phenoxy) is 1. The second kappa shape index (κ2) is 10.4. The van der Waals surface area contributed by atoms with Crippen LogP contribution in [0.3, 0.4) is 0 Å². The fraction of sp³-hybridized carbons (Fsp3) is 0.767. The van der Waals surface area contributed by atoms with Gasteiger partial charge in [0.25, 0.3) is 0 Å². The number of esters is 1. The number of hydrogen-bond donors (Lipinski definition) is 3. The number of aliphatic hydroxyl groups is 2. The highest BCUT2D eigenvalue weighted by molar-refractivity contribution is 5.92. The number of nitrogens with zero attached hydrogens (tertiary/aromatic N) is 1. The van der Waals surface area contributed by atoms with Gasteiger partial charge in [0, 0.05) is 31.2 Å². The second-order valence-electron chi connectivity index (χ2n) is 13.2. The number of Topliss-reactive ketones (excluding diaryl/α,β-unsaturated/α-hetero) is 1. The Morgan fingerprint density at radius 3 is 2.48 bits per heavy atom. The average Bonchev–Trinajstić information content (AvgIpc) is 3.44. The number of likely N-dealkylation sites (tertiary alicyclic amines) is 1. The van der Waals surface area contributed by atoms with E-state index >= 15 is 0 Å². The summed E-state index contributed by atoms with van der Waals surface area (Å²) in [5.74, 6) is -1.91. The Balaban J connectivity index is 1.18. The second-order valence-corrected chi connectivity index (χ2v) is 13.2. The number of rotatable bonds is 7. The molecule has 10 nitrogen and oxygen atoms in total. The monoisotopic (exact) mass is 559 g/mol. The minimum atomic E-state index is -1.60. The first kappa shape index (κ1) is 28.9. The quantitative estimate of drug-likeness (QED) is 0.398. The minimum absolute atomic E-state index is 0.00647. The molecule has 5 aliphatic rings. The third-order valence-electron chi connectivity index (χ3n) is 11.4. The summed E-state index contributed by atoms with van der Waals surface area (Å²) in [4.78, 5) is 62.7. The Hall–Kier alpha value is -2.59. The highest BCUT2D eigenvalue weighted by Crippen LogP contribution is 2.67. The number of fused-ring (bicyclic) bond motifs is 5. The van der Waals surface area contributed by atoms with Crippen LogP contribution in [0.15, 0.2) is 11.6 Å². The summed E-state index contributed by atoms with van der Waals surface area (Å²) in [6.45, 7) is 3.61. The number of aliphatic carboxylic acids is 1. The van der Waals surface area contributed by atoms with Crippen LogP contribution in [-0.4, -0.2) is 80.5 Å². The zero-order chi connectivity index (χ0) is 29.0. The Kier molecular flexibility index (Phi) is 7.48. The van der Waals surface area contributed by atoms with Gasteiger partial charge in [0.1, 0.15) is 11.6 Å². The van der Waals surface area contributed by atoms with Crippen LogP contribution in [0, 0.1) is 28.6 Å². The number of allylic oxidation sites excluding steroid dienone is 1. The smallest absolute Gasteiger partial charge is 0.326 e. The molecule has 40 heavy (non-hydrogen) atoms. The zero-order valence-electron chi connectivity index (χ0n) is 23.4. The van der Waals surface area contributed by atoms with Crippen LogP contribution in [0.1, 0.15) is 84.5 Å². The first-order valence-corrected chi connectivity index (χ1v) is 14.7. The standard InChI is InChI=1S/C30H41NO9/c1-28-10-7-18(32)13-17(28)3-4-20-21(28)8-11-29(2)22(20)9-12-30(29,39)24(34)16-40-26(36)6-5-25(35)31-15-19(33)14-23(31)27(37)38/h13,19-23,33,39H,3-12,14-16H2,1-2H3,(H,37,38). The zero-order valence-corrected chi connectivity index (χ0v) is 23.4. The topological polar surface area (TPSA) is 159 Å². The van der Waals surface area contributed by atoms with Crippen molar-refractivity contribution in [2.45, 2.75) is 102 Å². The van der Waals surface area contributed by atoms with Gasteiger partial charge in [0.05, 0.1) is 12.5 Å². The maximum Gasteiger partial charge on any atom is 0.326 e. The van der Waals surface area contributed by atoms with E-state index < -0.39 is 53.4 Å². The molecule has 10 heteroatoms. The lowest BCUT2D eigenvalue weighted by atomic mass is 9.46. The normalized spacial score (nSPS) is 40.5. The molecule has 0 spiro atoms. The fourth-order valence-electron chi connectivity index (χ4n) is 9.05. The average molecular weight is 560 g/mol. The van der Waals surface area contributed by atoms with Gasteiger partial charge in [0.15, 0.2) is 12.4 Å².